The van der Waals surface area contributed by atoms with Crippen LogP contribution in [0.2, 0.25) is 5.02 Å². The lowest BCUT2D eigenvalue weighted by atomic mass is 10.2. The molecule has 0 unspecified atom stereocenters. The number of hydrogen-bond acceptors (Lipinski definition) is 3. The molecular weight excluding hydrogens is 260 g/mol. The first kappa shape index (κ1) is 13.4. The van der Waals surface area contributed by atoms with Crippen molar-refractivity contribution in [1.29, 1.82) is 5.41 Å². The van der Waals surface area contributed by atoms with E-state index in [1.807, 2.05) is 43.1 Å². The topological polar surface area (TPSA) is 66.0 Å². The van der Waals surface area contributed by atoms with E-state index < -0.39 is 0 Å². The summed E-state index contributed by atoms with van der Waals surface area (Å²) in [5, 5.41) is 7.88. The highest BCUT2D eigenvalue weighted by molar-refractivity contribution is 6.36. The number of pyridine rings is 1. The molecule has 0 saturated carbocycles. The summed E-state index contributed by atoms with van der Waals surface area (Å²) in [7, 11) is 1.88. The number of nitrogen functional groups attached to an aromatic ring is 1. The second-order valence-corrected chi connectivity index (χ2v) is 4.68. The molecule has 0 spiro atoms. The van der Waals surface area contributed by atoms with Crippen molar-refractivity contribution in [3.05, 3.63) is 52.7 Å². The second-order valence-electron chi connectivity index (χ2n) is 4.30. The Balaban J connectivity index is 2.44. The third kappa shape index (κ3) is 2.69. The highest BCUT2D eigenvalue weighted by atomic mass is 35.5. The van der Waals surface area contributed by atoms with Gasteiger partial charge in [0, 0.05) is 24.5 Å². The lowest BCUT2D eigenvalue weighted by molar-refractivity contribution is 1.12. The molecule has 0 atom stereocenters. The molecule has 5 heteroatoms. The van der Waals surface area contributed by atoms with Crippen molar-refractivity contribution in [3.63, 3.8) is 0 Å². The van der Waals surface area contributed by atoms with E-state index in [0.717, 1.165) is 5.69 Å². The Morgan fingerprint density at radius 3 is 2.47 bits per heavy atom. The molecule has 1 aromatic carbocycles. The summed E-state index contributed by atoms with van der Waals surface area (Å²) in [4.78, 5) is 6.13. The van der Waals surface area contributed by atoms with E-state index in [-0.39, 0.29) is 5.84 Å². The molecule has 0 aliphatic rings. The van der Waals surface area contributed by atoms with Crippen LogP contribution in [-0.4, -0.2) is 17.9 Å². The number of rotatable bonds is 3. The third-order valence-corrected chi connectivity index (χ3v) is 3.27. The number of aryl methyl sites for hydroxylation is 1. The van der Waals surface area contributed by atoms with Gasteiger partial charge in [-0.1, -0.05) is 29.3 Å². The van der Waals surface area contributed by atoms with Gasteiger partial charge in [0.25, 0.3) is 0 Å². The number of amidine groups is 1. The molecule has 0 aliphatic heterocycles. The van der Waals surface area contributed by atoms with Gasteiger partial charge in [0.1, 0.15) is 5.84 Å². The highest BCUT2D eigenvalue weighted by Gasteiger charge is 2.14. The lowest BCUT2D eigenvalue weighted by Crippen LogP contribution is -2.16. The zero-order valence-corrected chi connectivity index (χ0v) is 11.6. The zero-order valence-electron chi connectivity index (χ0n) is 10.8. The SMILES string of the molecule is Cc1ccc(N(C)c2nccc(C(=N)N)c2Cl)cc1. The maximum Gasteiger partial charge on any atom is 0.152 e. The van der Waals surface area contributed by atoms with Crippen LogP contribution in [0.5, 0.6) is 0 Å². The fourth-order valence-corrected chi connectivity index (χ4v) is 2.11. The van der Waals surface area contributed by atoms with E-state index in [9.17, 15) is 0 Å². The van der Waals surface area contributed by atoms with Gasteiger partial charge in [0.05, 0.1) is 5.02 Å². The van der Waals surface area contributed by atoms with E-state index in [4.69, 9.17) is 22.7 Å². The fraction of sp³-hybridized carbons (Fsp3) is 0.143. The number of nitrogens with zero attached hydrogens (tertiary/aromatic N) is 2. The first-order valence-corrected chi connectivity index (χ1v) is 6.18. The van der Waals surface area contributed by atoms with Gasteiger partial charge in [-0.2, -0.15) is 0 Å². The number of nitrogens with two attached hydrogens (primary N) is 1. The average molecular weight is 275 g/mol. The molecule has 0 saturated heterocycles. The Labute approximate surface area is 117 Å². The number of anilines is 2. The molecule has 0 fully saturated rings. The molecule has 4 nitrogen and oxygen atoms in total. The van der Waals surface area contributed by atoms with E-state index in [0.29, 0.717) is 16.4 Å². The molecule has 3 N–H and O–H groups in total. The Kier molecular flexibility index (Phi) is 3.71. The first-order valence-electron chi connectivity index (χ1n) is 5.80. The molecule has 98 valence electrons. The largest absolute Gasteiger partial charge is 0.384 e. The molecule has 1 heterocycles. The maximum atomic E-state index is 7.49. The summed E-state index contributed by atoms with van der Waals surface area (Å²) in [6.07, 6.45) is 1.60. The lowest BCUT2D eigenvalue weighted by Gasteiger charge is -2.20. The summed E-state index contributed by atoms with van der Waals surface area (Å²) >= 11 is 6.25. The minimum Gasteiger partial charge on any atom is -0.384 e. The van der Waals surface area contributed by atoms with Crippen LogP contribution in [0.3, 0.4) is 0 Å². The van der Waals surface area contributed by atoms with E-state index >= 15 is 0 Å². The fourth-order valence-electron chi connectivity index (χ4n) is 1.77. The Morgan fingerprint density at radius 2 is 1.89 bits per heavy atom. The van der Waals surface area contributed by atoms with Gasteiger partial charge in [-0.15, -0.1) is 0 Å². The number of nitrogens with one attached hydrogen (secondary N) is 1. The smallest absolute Gasteiger partial charge is 0.152 e. The van der Waals surface area contributed by atoms with Crippen molar-refractivity contribution < 1.29 is 0 Å². The number of benzene rings is 1. The van der Waals surface area contributed by atoms with Gasteiger partial charge in [-0.3, -0.25) is 5.41 Å². The van der Waals surface area contributed by atoms with Crippen LogP contribution in [0.4, 0.5) is 11.5 Å². The average Bonchev–Trinajstić information content (AvgIpc) is 2.38. The predicted octanol–water partition coefficient (Wildman–Crippen LogP) is 3.10. The van der Waals surface area contributed by atoms with Crippen LogP contribution in [0.1, 0.15) is 11.1 Å². The van der Waals surface area contributed by atoms with Crippen molar-refractivity contribution in [2.24, 2.45) is 5.73 Å². The van der Waals surface area contributed by atoms with Crippen LogP contribution in [0.25, 0.3) is 0 Å². The minimum absolute atomic E-state index is 0.0639. The zero-order chi connectivity index (χ0) is 14.0. The van der Waals surface area contributed by atoms with Gasteiger partial charge in [0.15, 0.2) is 5.82 Å². The summed E-state index contributed by atoms with van der Waals surface area (Å²) in [6.45, 7) is 2.03. The van der Waals surface area contributed by atoms with Crippen LogP contribution in [-0.2, 0) is 0 Å². The molecule has 0 aliphatic carbocycles. The summed E-state index contributed by atoms with van der Waals surface area (Å²) in [5.41, 5.74) is 8.15. The first-order chi connectivity index (χ1) is 9.00. The summed E-state index contributed by atoms with van der Waals surface area (Å²) < 4.78 is 0. The highest BCUT2D eigenvalue weighted by Crippen LogP contribution is 2.30. The maximum absolute atomic E-state index is 7.49. The molecule has 0 amide bonds. The van der Waals surface area contributed by atoms with E-state index in [1.54, 1.807) is 12.3 Å². The number of aromatic nitrogens is 1. The standard InChI is InChI=1S/C14H15ClN4/c1-9-3-5-10(6-4-9)19(2)14-12(15)11(13(16)17)7-8-18-14/h3-8H,1-2H3,(H3,16,17). The molecule has 2 rings (SSSR count). The van der Waals surface area contributed by atoms with Crippen molar-refractivity contribution in [1.82, 2.24) is 4.98 Å². The van der Waals surface area contributed by atoms with E-state index in [2.05, 4.69) is 4.98 Å². The van der Waals surface area contributed by atoms with E-state index in [1.165, 1.54) is 5.56 Å². The number of hydrogen-bond donors (Lipinski definition) is 2. The van der Waals surface area contributed by atoms with Crippen molar-refractivity contribution in [2.45, 2.75) is 6.92 Å². The summed E-state index contributed by atoms with van der Waals surface area (Å²) in [6, 6.07) is 9.67. The van der Waals surface area contributed by atoms with Gasteiger partial charge < -0.3 is 10.6 Å². The van der Waals surface area contributed by atoms with Gasteiger partial charge in [0.2, 0.25) is 0 Å². The number of halogens is 1. The molecule has 1 aromatic heterocycles. The predicted molar refractivity (Wildman–Crippen MR) is 79.5 cm³/mol. The molecule has 0 radical (unpaired) electrons. The second kappa shape index (κ2) is 5.28. The van der Waals surface area contributed by atoms with Crippen LogP contribution < -0.4 is 10.6 Å². The minimum atomic E-state index is -0.0639. The van der Waals surface area contributed by atoms with Crippen LogP contribution in [0.15, 0.2) is 36.5 Å². The van der Waals surface area contributed by atoms with Gasteiger partial charge in [-0.05, 0) is 25.1 Å². The Hall–Kier alpha value is -2.07. The monoisotopic (exact) mass is 274 g/mol. The molecule has 0 bridgehead atoms. The van der Waals surface area contributed by atoms with Gasteiger partial charge in [-0.25, -0.2) is 4.98 Å². The summed E-state index contributed by atoms with van der Waals surface area (Å²) in [5.74, 6) is 0.518. The third-order valence-electron chi connectivity index (χ3n) is 2.90. The molecule has 2 aromatic rings. The van der Waals surface area contributed by atoms with Crippen LogP contribution >= 0.6 is 11.6 Å². The Morgan fingerprint density at radius 1 is 1.26 bits per heavy atom. The molecule has 19 heavy (non-hydrogen) atoms. The van der Waals surface area contributed by atoms with Gasteiger partial charge >= 0.3 is 0 Å². The molecular formula is C14H15ClN4. The van der Waals surface area contributed by atoms with Crippen molar-refractivity contribution >= 4 is 28.9 Å². The Bertz CT molecular complexity index is 607. The van der Waals surface area contributed by atoms with Crippen LogP contribution in [0, 0.1) is 12.3 Å². The van der Waals surface area contributed by atoms with Crippen molar-refractivity contribution in [2.75, 3.05) is 11.9 Å². The van der Waals surface area contributed by atoms with Crippen molar-refractivity contribution in [3.8, 4) is 0 Å². The quantitative estimate of drug-likeness (QED) is 0.668. The normalized spacial score (nSPS) is 10.3.